The maximum atomic E-state index is 13.4. The van der Waals surface area contributed by atoms with E-state index in [1.165, 1.54) is 18.2 Å². The molecule has 2 aromatic rings. The summed E-state index contributed by atoms with van der Waals surface area (Å²) in [6.07, 6.45) is -7.04. The van der Waals surface area contributed by atoms with E-state index in [0.717, 1.165) is 0 Å². The summed E-state index contributed by atoms with van der Waals surface area (Å²) in [6, 6.07) is 9.14. The molecule has 0 unspecified atom stereocenters. The van der Waals surface area contributed by atoms with Crippen LogP contribution in [0.3, 0.4) is 0 Å². The van der Waals surface area contributed by atoms with E-state index >= 15 is 0 Å². The highest BCUT2D eigenvalue weighted by molar-refractivity contribution is 5.86. The third-order valence-electron chi connectivity index (χ3n) is 4.27. The molecule has 1 N–H and O–H groups in total. The Morgan fingerprint density at radius 3 is 2.68 bits per heavy atom. The van der Waals surface area contributed by atoms with Crippen LogP contribution >= 0.6 is 0 Å². The van der Waals surface area contributed by atoms with Gasteiger partial charge in [0, 0.05) is 0 Å². The Kier molecular flexibility index (Phi) is 5.62. The molecule has 1 aliphatic heterocycles. The lowest BCUT2D eigenvalue weighted by molar-refractivity contribution is -0.213. The van der Waals surface area contributed by atoms with E-state index in [4.69, 9.17) is 13.9 Å². The standard InChI is InChI=1S/C19H18F3NO5/c1-2-26-18(25)15-8-7-12(27-15)10-23-17(24)13-9-11-5-3-4-6-14(11)28-16(13)19(20,21)22/h3-8,13,16H,2,9-10H2,1H3,(H,23,24)/t13-,16-/m1/s1. The van der Waals surface area contributed by atoms with Crippen molar-refractivity contribution in [2.24, 2.45) is 5.92 Å². The van der Waals surface area contributed by atoms with Gasteiger partial charge in [-0.05, 0) is 37.1 Å². The van der Waals surface area contributed by atoms with Crippen LogP contribution in [0.25, 0.3) is 0 Å². The lowest BCUT2D eigenvalue weighted by atomic mass is 9.89. The number of esters is 1. The molecule has 1 aliphatic rings. The average Bonchev–Trinajstić information content (AvgIpc) is 3.14. The number of para-hydroxylation sites is 1. The highest BCUT2D eigenvalue weighted by atomic mass is 19.4. The Morgan fingerprint density at radius 2 is 1.96 bits per heavy atom. The molecule has 28 heavy (non-hydrogen) atoms. The van der Waals surface area contributed by atoms with Crippen LogP contribution in [0.5, 0.6) is 5.75 Å². The summed E-state index contributed by atoms with van der Waals surface area (Å²) in [5, 5.41) is 2.42. The summed E-state index contributed by atoms with van der Waals surface area (Å²) >= 11 is 0. The minimum absolute atomic E-state index is 0.0470. The molecule has 2 atom stereocenters. The molecule has 0 saturated heterocycles. The maximum absolute atomic E-state index is 13.4. The van der Waals surface area contributed by atoms with E-state index in [-0.39, 0.29) is 36.8 Å². The number of furan rings is 1. The zero-order chi connectivity index (χ0) is 20.3. The predicted octanol–water partition coefficient (Wildman–Crippen LogP) is 3.25. The van der Waals surface area contributed by atoms with Crippen molar-refractivity contribution >= 4 is 11.9 Å². The van der Waals surface area contributed by atoms with Crippen LogP contribution in [0.15, 0.2) is 40.8 Å². The van der Waals surface area contributed by atoms with Crippen LogP contribution in [0.2, 0.25) is 0 Å². The Hall–Kier alpha value is -2.97. The van der Waals surface area contributed by atoms with Crippen molar-refractivity contribution < 1.29 is 36.7 Å². The summed E-state index contributed by atoms with van der Waals surface area (Å²) in [5.74, 6) is -2.61. The van der Waals surface area contributed by atoms with Crippen molar-refractivity contribution in [3.05, 3.63) is 53.5 Å². The monoisotopic (exact) mass is 397 g/mol. The molecular formula is C19H18F3NO5. The fourth-order valence-corrected chi connectivity index (χ4v) is 2.97. The van der Waals surface area contributed by atoms with Crippen molar-refractivity contribution in [1.29, 1.82) is 0 Å². The van der Waals surface area contributed by atoms with Crippen LogP contribution < -0.4 is 10.1 Å². The van der Waals surface area contributed by atoms with Gasteiger partial charge in [0.25, 0.3) is 0 Å². The number of benzene rings is 1. The average molecular weight is 397 g/mol. The molecule has 1 aromatic carbocycles. The zero-order valence-electron chi connectivity index (χ0n) is 14.9. The second-order valence-electron chi connectivity index (χ2n) is 6.20. The first-order valence-corrected chi connectivity index (χ1v) is 8.64. The van der Waals surface area contributed by atoms with Crippen LogP contribution in [-0.2, 0) is 22.5 Å². The lowest BCUT2D eigenvalue weighted by Gasteiger charge is -2.33. The molecule has 6 nitrogen and oxygen atoms in total. The zero-order valence-corrected chi connectivity index (χ0v) is 14.9. The summed E-state index contributed by atoms with van der Waals surface area (Å²) in [5.41, 5.74) is 0.533. The molecule has 9 heteroatoms. The Bertz CT molecular complexity index is 861. The fourth-order valence-electron chi connectivity index (χ4n) is 2.97. The molecule has 1 amide bonds. The largest absolute Gasteiger partial charge is 0.480 e. The van der Waals surface area contributed by atoms with Gasteiger partial charge in [-0.25, -0.2) is 4.79 Å². The second-order valence-corrected chi connectivity index (χ2v) is 6.20. The van der Waals surface area contributed by atoms with Crippen LogP contribution in [0, 0.1) is 5.92 Å². The number of carbonyl (C=O) groups excluding carboxylic acids is 2. The lowest BCUT2D eigenvalue weighted by Crippen LogP contribution is -2.50. The van der Waals surface area contributed by atoms with Gasteiger partial charge in [-0.1, -0.05) is 18.2 Å². The van der Waals surface area contributed by atoms with E-state index in [1.54, 1.807) is 25.1 Å². The SMILES string of the molecule is CCOC(=O)c1ccc(CNC(=O)[C@@H]2Cc3ccccc3O[C@H]2C(F)(F)F)o1. The Labute approximate surface area is 158 Å². The second kappa shape index (κ2) is 7.95. The van der Waals surface area contributed by atoms with Crippen LogP contribution in [0.1, 0.15) is 28.8 Å². The smallest absolute Gasteiger partial charge is 0.426 e. The van der Waals surface area contributed by atoms with Crippen molar-refractivity contribution in [3.8, 4) is 5.75 Å². The molecule has 0 spiro atoms. The minimum Gasteiger partial charge on any atom is -0.480 e. The quantitative estimate of drug-likeness (QED) is 0.784. The van der Waals surface area contributed by atoms with Crippen molar-refractivity contribution in [3.63, 3.8) is 0 Å². The molecular weight excluding hydrogens is 379 g/mol. The number of nitrogens with one attached hydrogen (secondary N) is 1. The Morgan fingerprint density at radius 1 is 1.21 bits per heavy atom. The summed E-state index contributed by atoms with van der Waals surface area (Å²) in [6.45, 7) is 1.65. The number of ether oxygens (including phenoxy) is 2. The number of halogens is 3. The number of rotatable bonds is 5. The number of carbonyl (C=O) groups is 2. The van der Waals surface area contributed by atoms with Gasteiger partial charge >= 0.3 is 12.1 Å². The highest BCUT2D eigenvalue weighted by Gasteiger charge is 2.51. The third-order valence-corrected chi connectivity index (χ3v) is 4.27. The number of amides is 1. The van der Waals surface area contributed by atoms with Gasteiger partial charge in [-0.15, -0.1) is 0 Å². The van der Waals surface area contributed by atoms with Crippen LogP contribution in [0.4, 0.5) is 13.2 Å². The normalized spacial score (nSPS) is 18.7. The third kappa shape index (κ3) is 4.29. The maximum Gasteiger partial charge on any atom is 0.426 e. The fraction of sp³-hybridized carbons (Fsp3) is 0.368. The van der Waals surface area contributed by atoms with E-state index in [0.29, 0.717) is 5.56 Å². The number of hydrogen-bond acceptors (Lipinski definition) is 5. The predicted molar refractivity (Wildman–Crippen MR) is 90.6 cm³/mol. The van der Waals surface area contributed by atoms with E-state index in [2.05, 4.69) is 5.32 Å². The molecule has 0 bridgehead atoms. The highest BCUT2D eigenvalue weighted by Crippen LogP contribution is 2.38. The van der Waals surface area contributed by atoms with Crippen LogP contribution in [-0.4, -0.2) is 30.8 Å². The van der Waals surface area contributed by atoms with Gasteiger partial charge < -0.3 is 19.2 Å². The molecule has 0 saturated carbocycles. The van der Waals surface area contributed by atoms with E-state index < -0.39 is 30.1 Å². The summed E-state index contributed by atoms with van der Waals surface area (Å²) in [4.78, 5) is 24.0. The molecule has 0 fully saturated rings. The Balaban J connectivity index is 1.69. The van der Waals surface area contributed by atoms with Crippen molar-refractivity contribution in [2.75, 3.05) is 6.61 Å². The minimum atomic E-state index is -4.70. The molecule has 1 aromatic heterocycles. The molecule has 0 aliphatic carbocycles. The van der Waals surface area contributed by atoms with E-state index in [1.807, 2.05) is 0 Å². The van der Waals surface area contributed by atoms with Gasteiger partial charge in [-0.2, -0.15) is 13.2 Å². The first-order valence-electron chi connectivity index (χ1n) is 8.64. The van der Waals surface area contributed by atoms with Gasteiger partial charge in [0.05, 0.1) is 19.1 Å². The summed E-state index contributed by atoms with van der Waals surface area (Å²) in [7, 11) is 0. The van der Waals surface area contributed by atoms with Crippen molar-refractivity contribution in [1.82, 2.24) is 5.32 Å². The van der Waals surface area contributed by atoms with Gasteiger partial charge in [0.15, 0.2) is 0 Å². The van der Waals surface area contributed by atoms with E-state index in [9.17, 15) is 22.8 Å². The number of hydrogen-bond donors (Lipinski definition) is 1. The number of alkyl halides is 3. The first-order chi connectivity index (χ1) is 13.3. The topological polar surface area (TPSA) is 77.8 Å². The van der Waals surface area contributed by atoms with Gasteiger partial charge in [0.1, 0.15) is 11.5 Å². The first kappa shape index (κ1) is 19.8. The molecule has 150 valence electrons. The van der Waals surface area contributed by atoms with Crippen molar-refractivity contribution in [2.45, 2.75) is 32.2 Å². The van der Waals surface area contributed by atoms with Gasteiger partial charge in [0.2, 0.25) is 17.8 Å². The number of fused-ring (bicyclic) bond motifs is 1. The van der Waals surface area contributed by atoms with Gasteiger partial charge in [-0.3, -0.25) is 4.79 Å². The summed E-state index contributed by atoms with van der Waals surface area (Å²) < 4.78 is 55.3. The molecule has 0 radical (unpaired) electrons. The molecule has 2 heterocycles. The molecule has 3 rings (SSSR count).